The number of hydrogen-bond acceptors (Lipinski definition) is 5. The van der Waals surface area contributed by atoms with Crippen molar-refractivity contribution in [2.75, 3.05) is 19.7 Å². The second-order valence-electron chi connectivity index (χ2n) is 6.21. The number of carbonyl (C=O) groups is 3. The van der Waals surface area contributed by atoms with Crippen molar-refractivity contribution in [1.82, 2.24) is 4.90 Å². The first-order chi connectivity index (χ1) is 12.9. The topological polar surface area (TPSA) is 63.7 Å². The molecule has 1 aliphatic rings. The Morgan fingerprint density at radius 3 is 2.37 bits per heavy atom. The average Bonchev–Trinajstić information content (AvgIpc) is 3.12. The summed E-state index contributed by atoms with van der Waals surface area (Å²) in [6.45, 7) is 0.499. The van der Waals surface area contributed by atoms with E-state index in [-0.39, 0.29) is 24.2 Å². The van der Waals surface area contributed by atoms with Gasteiger partial charge in [0.05, 0.1) is 15.1 Å². The quantitative estimate of drug-likeness (QED) is 0.556. The van der Waals surface area contributed by atoms with E-state index in [9.17, 15) is 18.8 Å². The summed E-state index contributed by atoms with van der Waals surface area (Å²) in [5.41, 5.74) is 0.414. The lowest BCUT2D eigenvalue weighted by molar-refractivity contribution is -0.148. The Balaban J connectivity index is 1.47. The molecule has 1 aromatic carbocycles. The molecule has 8 heteroatoms. The van der Waals surface area contributed by atoms with E-state index in [1.165, 1.54) is 24.3 Å². The van der Waals surface area contributed by atoms with E-state index in [1.807, 2.05) is 0 Å². The molecule has 0 N–H and O–H groups in total. The summed E-state index contributed by atoms with van der Waals surface area (Å²) in [6, 6.07) is 8.60. The lowest BCUT2D eigenvalue weighted by Gasteiger charge is -2.31. The third kappa shape index (κ3) is 4.93. The molecule has 1 amide bonds. The molecule has 1 saturated heterocycles. The van der Waals surface area contributed by atoms with Gasteiger partial charge in [-0.1, -0.05) is 11.6 Å². The van der Waals surface area contributed by atoms with Crippen LogP contribution in [-0.4, -0.2) is 42.3 Å². The summed E-state index contributed by atoms with van der Waals surface area (Å²) in [6.07, 6.45) is 0.926. The Hall–Kier alpha value is -2.25. The van der Waals surface area contributed by atoms with Gasteiger partial charge in [0.2, 0.25) is 5.78 Å². The molecule has 0 bridgehead atoms. The standard InChI is InChI=1S/C19H17ClFNO4S/c20-17-6-5-16(27-17)15(23)11-26-19(25)13-7-9-22(10-8-13)18(24)12-1-3-14(21)4-2-12/h1-6,13H,7-11H2. The number of benzene rings is 1. The molecule has 0 saturated carbocycles. The number of hydrogen-bond donors (Lipinski definition) is 0. The monoisotopic (exact) mass is 409 g/mol. The van der Waals surface area contributed by atoms with E-state index in [4.69, 9.17) is 16.3 Å². The molecule has 2 aromatic rings. The third-order valence-electron chi connectivity index (χ3n) is 4.40. The predicted molar refractivity (Wildman–Crippen MR) is 99.6 cm³/mol. The average molecular weight is 410 g/mol. The SMILES string of the molecule is O=C(COC(=O)C1CCN(C(=O)c2ccc(F)cc2)CC1)c1ccc(Cl)s1. The van der Waals surface area contributed by atoms with Crippen LogP contribution in [0.1, 0.15) is 32.9 Å². The summed E-state index contributed by atoms with van der Waals surface area (Å²) in [7, 11) is 0. The van der Waals surface area contributed by atoms with Crippen LogP contribution in [0.15, 0.2) is 36.4 Å². The van der Waals surface area contributed by atoms with E-state index >= 15 is 0 Å². The molecule has 1 aliphatic heterocycles. The molecule has 1 aromatic heterocycles. The Bertz CT molecular complexity index is 844. The summed E-state index contributed by atoms with van der Waals surface area (Å²) in [5, 5.41) is 0. The summed E-state index contributed by atoms with van der Waals surface area (Å²) >= 11 is 6.93. The molecule has 1 fully saturated rings. The van der Waals surface area contributed by atoms with Crippen LogP contribution < -0.4 is 0 Å². The maximum atomic E-state index is 13.0. The van der Waals surface area contributed by atoms with Gasteiger partial charge in [0, 0.05) is 18.7 Å². The summed E-state index contributed by atoms with van der Waals surface area (Å²) in [5.74, 6) is -1.65. The van der Waals surface area contributed by atoms with Crippen LogP contribution in [0.2, 0.25) is 4.34 Å². The number of ketones is 1. The van der Waals surface area contributed by atoms with Crippen molar-refractivity contribution in [3.05, 3.63) is 57.0 Å². The maximum Gasteiger partial charge on any atom is 0.309 e. The highest BCUT2D eigenvalue weighted by Gasteiger charge is 2.29. The highest BCUT2D eigenvalue weighted by atomic mass is 35.5. The predicted octanol–water partition coefficient (Wildman–Crippen LogP) is 3.82. The number of rotatable bonds is 5. The minimum atomic E-state index is -0.431. The van der Waals surface area contributed by atoms with Crippen molar-refractivity contribution in [3.8, 4) is 0 Å². The molecule has 3 rings (SSSR count). The zero-order chi connectivity index (χ0) is 19.4. The Morgan fingerprint density at radius 2 is 1.78 bits per heavy atom. The number of nitrogens with zero attached hydrogens (tertiary/aromatic N) is 1. The molecule has 0 spiro atoms. The van der Waals surface area contributed by atoms with Gasteiger partial charge in [-0.3, -0.25) is 14.4 Å². The van der Waals surface area contributed by atoms with Crippen LogP contribution in [0.25, 0.3) is 0 Å². The first kappa shape index (κ1) is 19.5. The molecule has 142 valence electrons. The molecule has 0 radical (unpaired) electrons. The van der Waals surface area contributed by atoms with Gasteiger partial charge in [-0.15, -0.1) is 11.3 Å². The molecule has 0 aliphatic carbocycles. The number of ether oxygens (including phenoxy) is 1. The number of esters is 1. The Labute approximate surface area is 164 Å². The minimum absolute atomic E-state index is 0.188. The number of Topliss-reactive ketones (excluding diaryl/α,β-unsaturated/α-hetero) is 1. The molecular weight excluding hydrogens is 393 g/mol. The van der Waals surface area contributed by atoms with Gasteiger partial charge in [0.15, 0.2) is 6.61 Å². The van der Waals surface area contributed by atoms with Gasteiger partial charge in [0.1, 0.15) is 5.82 Å². The van der Waals surface area contributed by atoms with Gasteiger partial charge in [-0.2, -0.15) is 0 Å². The van der Waals surface area contributed by atoms with Crippen LogP contribution in [0.3, 0.4) is 0 Å². The largest absolute Gasteiger partial charge is 0.457 e. The number of piperidine rings is 1. The van der Waals surface area contributed by atoms with Crippen molar-refractivity contribution in [2.24, 2.45) is 5.92 Å². The molecular formula is C19H17ClFNO4S. The molecule has 0 unspecified atom stereocenters. The first-order valence-corrected chi connectivity index (χ1v) is 9.63. The Kier molecular flexibility index (Phi) is 6.23. The summed E-state index contributed by atoms with van der Waals surface area (Å²) in [4.78, 5) is 38.6. The van der Waals surface area contributed by atoms with Crippen molar-refractivity contribution in [2.45, 2.75) is 12.8 Å². The van der Waals surface area contributed by atoms with Crippen LogP contribution in [0.4, 0.5) is 4.39 Å². The lowest BCUT2D eigenvalue weighted by Crippen LogP contribution is -2.40. The van der Waals surface area contributed by atoms with Crippen molar-refractivity contribution >= 4 is 40.6 Å². The summed E-state index contributed by atoms with van der Waals surface area (Å²) < 4.78 is 18.6. The van der Waals surface area contributed by atoms with Crippen LogP contribution in [-0.2, 0) is 9.53 Å². The maximum absolute atomic E-state index is 13.0. The second-order valence-corrected chi connectivity index (χ2v) is 7.92. The molecule has 5 nitrogen and oxygen atoms in total. The smallest absolute Gasteiger partial charge is 0.309 e. The molecule has 2 heterocycles. The van der Waals surface area contributed by atoms with Crippen molar-refractivity contribution in [1.29, 1.82) is 0 Å². The van der Waals surface area contributed by atoms with E-state index in [0.29, 0.717) is 40.7 Å². The second kappa shape index (κ2) is 8.63. The number of thiophene rings is 1. The number of carbonyl (C=O) groups excluding carboxylic acids is 3. The minimum Gasteiger partial charge on any atom is -0.457 e. The zero-order valence-corrected chi connectivity index (χ0v) is 15.9. The lowest BCUT2D eigenvalue weighted by atomic mass is 9.96. The highest BCUT2D eigenvalue weighted by Crippen LogP contribution is 2.23. The van der Waals surface area contributed by atoms with E-state index in [1.54, 1.807) is 17.0 Å². The fourth-order valence-electron chi connectivity index (χ4n) is 2.88. The van der Waals surface area contributed by atoms with Gasteiger partial charge in [0.25, 0.3) is 5.91 Å². The van der Waals surface area contributed by atoms with Gasteiger partial charge < -0.3 is 9.64 Å². The van der Waals surface area contributed by atoms with Gasteiger partial charge >= 0.3 is 5.97 Å². The molecule has 0 atom stereocenters. The van der Waals surface area contributed by atoms with E-state index in [0.717, 1.165) is 11.3 Å². The van der Waals surface area contributed by atoms with Crippen molar-refractivity contribution in [3.63, 3.8) is 0 Å². The number of halogens is 2. The molecule has 27 heavy (non-hydrogen) atoms. The Morgan fingerprint density at radius 1 is 1.11 bits per heavy atom. The number of likely N-dealkylation sites (tertiary alicyclic amines) is 1. The van der Waals surface area contributed by atoms with E-state index < -0.39 is 11.8 Å². The first-order valence-electron chi connectivity index (χ1n) is 8.44. The number of amides is 1. The van der Waals surface area contributed by atoms with Crippen molar-refractivity contribution < 1.29 is 23.5 Å². The zero-order valence-electron chi connectivity index (χ0n) is 14.3. The normalized spacial score (nSPS) is 14.8. The van der Waals surface area contributed by atoms with Crippen LogP contribution in [0, 0.1) is 11.7 Å². The van der Waals surface area contributed by atoms with Crippen LogP contribution in [0.5, 0.6) is 0 Å². The fraction of sp³-hybridized carbons (Fsp3) is 0.316. The third-order valence-corrected chi connectivity index (χ3v) is 5.67. The van der Waals surface area contributed by atoms with Gasteiger partial charge in [-0.05, 0) is 49.2 Å². The van der Waals surface area contributed by atoms with E-state index in [2.05, 4.69) is 0 Å². The van der Waals surface area contributed by atoms with Gasteiger partial charge in [-0.25, -0.2) is 4.39 Å². The fourth-order valence-corrected chi connectivity index (χ4v) is 3.85. The van der Waals surface area contributed by atoms with Crippen LogP contribution >= 0.6 is 22.9 Å². The highest BCUT2D eigenvalue weighted by molar-refractivity contribution is 7.18.